The topological polar surface area (TPSA) is 0 Å². The zero-order valence-electron chi connectivity index (χ0n) is 11.7. The molecule has 0 fully saturated rings. The molecule has 0 N–H and O–H groups in total. The zero-order valence-corrected chi connectivity index (χ0v) is 11.7. The highest BCUT2D eigenvalue weighted by Gasteiger charge is 2.21. The third-order valence-corrected chi connectivity index (χ3v) is 4.22. The molecule has 0 heteroatoms. The van der Waals surface area contributed by atoms with Crippen LogP contribution >= 0.6 is 0 Å². The molecular formula is C17H30. The predicted octanol–water partition coefficient (Wildman–Crippen LogP) is 5.70. The Hall–Kier alpha value is -0.780. The Morgan fingerprint density at radius 1 is 0.706 bits per heavy atom. The minimum Gasteiger partial charge on any atom is -0.0776 e. The molecule has 0 aliphatic rings. The number of benzene rings is 1. The molecule has 0 aliphatic carbocycles. The van der Waals surface area contributed by atoms with E-state index in [1.807, 2.05) is 0 Å². The molecule has 0 nitrogen and oxygen atoms in total. The third-order valence-electron chi connectivity index (χ3n) is 4.22. The highest BCUT2D eigenvalue weighted by atomic mass is 14.3. The standard InChI is InChI=1S/C16H26.CH4/c1-7-15(3,4)13-9-11-14(12-10-13)16(5,6)8-2;/h9-12H,7-8H2,1-6H3;1H4. The van der Waals surface area contributed by atoms with Gasteiger partial charge in [0.25, 0.3) is 0 Å². The Kier molecular flexibility index (Phi) is 5.45. The predicted molar refractivity (Wildman–Crippen MR) is 79.8 cm³/mol. The van der Waals surface area contributed by atoms with Gasteiger partial charge in [0.1, 0.15) is 0 Å². The lowest BCUT2D eigenvalue weighted by Gasteiger charge is -2.27. The van der Waals surface area contributed by atoms with Crippen molar-refractivity contribution in [2.75, 3.05) is 0 Å². The van der Waals surface area contributed by atoms with Gasteiger partial charge in [0, 0.05) is 0 Å². The minimum atomic E-state index is 0. The molecule has 0 atom stereocenters. The van der Waals surface area contributed by atoms with E-state index < -0.39 is 0 Å². The Labute approximate surface area is 108 Å². The van der Waals surface area contributed by atoms with Crippen LogP contribution in [0.5, 0.6) is 0 Å². The summed E-state index contributed by atoms with van der Waals surface area (Å²) in [5.74, 6) is 0. The summed E-state index contributed by atoms with van der Waals surface area (Å²) in [5, 5.41) is 0. The van der Waals surface area contributed by atoms with Gasteiger partial charge < -0.3 is 0 Å². The molecule has 0 aliphatic heterocycles. The highest BCUT2D eigenvalue weighted by Crippen LogP contribution is 2.31. The lowest BCUT2D eigenvalue weighted by Crippen LogP contribution is -2.18. The fourth-order valence-corrected chi connectivity index (χ4v) is 1.78. The van der Waals surface area contributed by atoms with E-state index in [1.165, 1.54) is 24.0 Å². The summed E-state index contributed by atoms with van der Waals surface area (Å²) in [7, 11) is 0. The molecule has 98 valence electrons. The Morgan fingerprint density at radius 2 is 0.941 bits per heavy atom. The van der Waals surface area contributed by atoms with Crippen LogP contribution in [0.1, 0.15) is 72.9 Å². The lowest BCUT2D eigenvalue weighted by atomic mass is 9.78. The van der Waals surface area contributed by atoms with Crippen molar-refractivity contribution >= 4 is 0 Å². The van der Waals surface area contributed by atoms with Crippen molar-refractivity contribution < 1.29 is 0 Å². The summed E-state index contributed by atoms with van der Waals surface area (Å²) < 4.78 is 0. The van der Waals surface area contributed by atoms with E-state index in [4.69, 9.17) is 0 Å². The van der Waals surface area contributed by atoms with Gasteiger partial charge in [0.05, 0.1) is 0 Å². The average molecular weight is 234 g/mol. The van der Waals surface area contributed by atoms with Crippen molar-refractivity contribution in [1.29, 1.82) is 0 Å². The minimum absolute atomic E-state index is 0. The monoisotopic (exact) mass is 234 g/mol. The Morgan fingerprint density at radius 3 is 1.12 bits per heavy atom. The van der Waals surface area contributed by atoms with E-state index >= 15 is 0 Å². The average Bonchev–Trinajstić information content (AvgIpc) is 2.29. The van der Waals surface area contributed by atoms with Crippen LogP contribution in [-0.4, -0.2) is 0 Å². The summed E-state index contributed by atoms with van der Waals surface area (Å²) in [4.78, 5) is 0. The van der Waals surface area contributed by atoms with Crippen molar-refractivity contribution in [3.8, 4) is 0 Å². The molecule has 0 spiro atoms. The second-order valence-electron chi connectivity index (χ2n) is 6.05. The fraction of sp³-hybridized carbons (Fsp3) is 0.647. The van der Waals surface area contributed by atoms with Crippen LogP contribution in [0.25, 0.3) is 0 Å². The highest BCUT2D eigenvalue weighted by molar-refractivity contribution is 5.31. The first-order valence-electron chi connectivity index (χ1n) is 6.44. The lowest BCUT2D eigenvalue weighted by molar-refractivity contribution is 0.496. The summed E-state index contributed by atoms with van der Waals surface area (Å²) in [6.45, 7) is 13.8. The molecule has 0 unspecified atom stereocenters. The maximum Gasteiger partial charge on any atom is -0.0106 e. The Bertz CT molecular complexity index is 293. The molecule has 1 aromatic rings. The van der Waals surface area contributed by atoms with Crippen LogP contribution < -0.4 is 0 Å². The fourth-order valence-electron chi connectivity index (χ4n) is 1.78. The molecule has 1 rings (SSSR count). The van der Waals surface area contributed by atoms with Gasteiger partial charge in [-0.1, -0.05) is 73.2 Å². The van der Waals surface area contributed by atoms with E-state index in [2.05, 4.69) is 65.8 Å². The van der Waals surface area contributed by atoms with Crippen LogP contribution in [0.4, 0.5) is 0 Å². The van der Waals surface area contributed by atoms with Gasteiger partial charge in [-0.05, 0) is 34.8 Å². The smallest absolute Gasteiger partial charge is 0.0106 e. The molecule has 0 heterocycles. The first kappa shape index (κ1) is 16.2. The van der Waals surface area contributed by atoms with Crippen molar-refractivity contribution in [2.24, 2.45) is 0 Å². The summed E-state index contributed by atoms with van der Waals surface area (Å²) in [5.41, 5.74) is 3.50. The van der Waals surface area contributed by atoms with Crippen molar-refractivity contribution in [1.82, 2.24) is 0 Å². The van der Waals surface area contributed by atoms with Gasteiger partial charge >= 0.3 is 0 Å². The molecule has 0 radical (unpaired) electrons. The largest absolute Gasteiger partial charge is 0.0776 e. The molecule has 17 heavy (non-hydrogen) atoms. The van der Waals surface area contributed by atoms with Gasteiger partial charge in [0.2, 0.25) is 0 Å². The molecule has 0 amide bonds. The van der Waals surface area contributed by atoms with Crippen LogP contribution in [-0.2, 0) is 10.8 Å². The second kappa shape index (κ2) is 5.71. The second-order valence-corrected chi connectivity index (χ2v) is 6.05. The maximum atomic E-state index is 2.31. The van der Waals surface area contributed by atoms with E-state index in [-0.39, 0.29) is 7.43 Å². The molecular weight excluding hydrogens is 204 g/mol. The van der Waals surface area contributed by atoms with Gasteiger partial charge in [-0.25, -0.2) is 0 Å². The molecule has 1 aromatic carbocycles. The van der Waals surface area contributed by atoms with Crippen LogP contribution in [0.15, 0.2) is 24.3 Å². The van der Waals surface area contributed by atoms with Gasteiger partial charge in [-0.2, -0.15) is 0 Å². The van der Waals surface area contributed by atoms with Crippen molar-refractivity contribution in [2.45, 2.75) is 72.6 Å². The molecule has 0 saturated carbocycles. The van der Waals surface area contributed by atoms with E-state index in [0.717, 1.165) is 0 Å². The molecule has 0 aromatic heterocycles. The van der Waals surface area contributed by atoms with Crippen molar-refractivity contribution in [3.63, 3.8) is 0 Å². The molecule has 0 bridgehead atoms. The summed E-state index contributed by atoms with van der Waals surface area (Å²) in [6, 6.07) is 9.21. The van der Waals surface area contributed by atoms with E-state index in [0.29, 0.717) is 10.8 Å². The van der Waals surface area contributed by atoms with Crippen LogP contribution in [0, 0.1) is 0 Å². The van der Waals surface area contributed by atoms with Crippen LogP contribution in [0.3, 0.4) is 0 Å². The zero-order chi connectivity index (χ0) is 12.4. The van der Waals surface area contributed by atoms with Gasteiger partial charge in [-0.3, -0.25) is 0 Å². The number of rotatable bonds is 4. The summed E-state index contributed by atoms with van der Waals surface area (Å²) >= 11 is 0. The quantitative estimate of drug-likeness (QED) is 0.627. The normalized spacial score (nSPS) is 12.1. The van der Waals surface area contributed by atoms with Crippen LogP contribution in [0.2, 0.25) is 0 Å². The number of hydrogen-bond acceptors (Lipinski definition) is 0. The SMILES string of the molecule is C.CCC(C)(C)c1ccc(C(C)(C)CC)cc1. The third kappa shape index (κ3) is 3.59. The molecule has 0 saturated heterocycles. The maximum absolute atomic E-state index is 2.31. The van der Waals surface area contributed by atoms with E-state index in [9.17, 15) is 0 Å². The number of hydrogen-bond donors (Lipinski definition) is 0. The first-order valence-corrected chi connectivity index (χ1v) is 6.44. The Balaban J connectivity index is 0.00000256. The van der Waals surface area contributed by atoms with Gasteiger partial charge in [-0.15, -0.1) is 0 Å². The van der Waals surface area contributed by atoms with Crippen molar-refractivity contribution in [3.05, 3.63) is 35.4 Å². The van der Waals surface area contributed by atoms with E-state index in [1.54, 1.807) is 0 Å². The first-order chi connectivity index (χ1) is 7.33. The summed E-state index contributed by atoms with van der Waals surface area (Å²) in [6.07, 6.45) is 2.37. The van der Waals surface area contributed by atoms with Gasteiger partial charge in [0.15, 0.2) is 0 Å².